The Labute approximate surface area is 128 Å². The van der Waals surface area contributed by atoms with Gasteiger partial charge in [-0.05, 0) is 37.1 Å². The van der Waals surface area contributed by atoms with Crippen molar-refractivity contribution in [2.45, 2.75) is 13.8 Å². The van der Waals surface area contributed by atoms with Gasteiger partial charge in [0.15, 0.2) is 0 Å². The van der Waals surface area contributed by atoms with Gasteiger partial charge in [0, 0.05) is 12.1 Å². The zero-order valence-corrected chi connectivity index (χ0v) is 12.4. The SMILES string of the molecule is Cc1ccc(/C=C/C(=O)Nc2ccc(C)cc2[N+](=O)[O-])cc1. The highest BCUT2D eigenvalue weighted by molar-refractivity contribution is 6.03. The van der Waals surface area contributed by atoms with Gasteiger partial charge in [-0.3, -0.25) is 14.9 Å². The average molecular weight is 296 g/mol. The maximum Gasteiger partial charge on any atom is 0.293 e. The minimum Gasteiger partial charge on any atom is -0.317 e. The van der Waals surface area contributed by atoms with E-state index in [-0.39, 0.29) is 11.4 Å². The zero-order valence-electron chi connectivity index (χ0n) is 12.4. The van der Waals surface area contributed by atoms with E-state index in [4.69, 9.17) is 0 Å². The number of nitro benzene ring substituents is 1. The average Bonchev–Trinajstić information content (AvgIpc) is 2.48. The van der Waals surface area contributed by atoms with Gasteiger partial charge in [0.2, 0.25) is 5.91 Å². The van der Waals surface area contributed by atoms with E-state index in [2.05, 4.69) is 5.32 Å². The number of nitrogens with zero attached hydrogens (tertiary/aromatic N) is 1. The number of nitrogens with one attached hydrogen (secondary N) is 1. The van der Waals surface area contributed by atoms with Crippen LogP contribution in [0.15, 0.2) is 48.5 Å². The zero-order chi connectivity index (χ0) is 16.1. The van der Waals surface area contributed by atoms with Gasteiger partial charge in [-0.25, -0.2) is 0 Å². The number of carbonyl (C=O) groups is 1. The van der Waals surface area contributed by atoms with Crippen LogP contribution in [0, 0.1) is 24.0 Å². The Balaban J connectivity index is 2.12. The molecular weight excluding hydrogens is 280 g/mol. The van der Waals surface area contributed by atoms with Crippen molar-refractivity contribution in [2.24, 2.45) is 0 Å². The molecule has 0 spiro atoms. The minimum atomic E-state index is -0.508. The molecule has 22 heavy (non-hydrogen) atoms. The molecule has 5 heteroatoms. The molecule has 0 saturated heterocycles. The predicted octanol–water partition coefficient (Wildman–Crippen LogP) is 3.86. The minimum absolute atomic E-state index is 0.114. The van der Waals surface area contributed by atoms with Crippen molar-refractivity contribution < 1.29 is 9.72 Å². The van der Waals surface area contributed by atoms with E-state index in [1.807, 2.05) is 31.2 Å². The van der Waals surface area contributed by atoms with Crippen molar-refractivity contribution in [3.05, 3.63) is 75.3 Å². The van der Waals surface area contributed by atoms with E-state index < -0.39 is 10.8 Å². The number of amides is 1. The summed E-state index contributed by atoms with van der Waals surface area (Å²) in [6.07, 6.45) is 3.02. The molecule has 1 amide bonds. The number of nitro groups is 1. The molecular formula is C17H16N2O3. The molecule has 0 saturated carbocycles. The van der Waals surface area contributed by atoms with E-state index in [1.165, 1.54) is 18.2 Å². The summed E-state index contributed by atoms with van der Waals surface area (Å²) in [6.45, 7) is 3.74. The topological polar surface area (TPSA) is 72.2 Å². The number of rotatable bonds is 4. The summed E-state index contributed by atoms with van der Waals surface area (Å²) in [4.78, 5) is 22.4. The molecule has 0 heterocycles. The largest absolute Gasteiger partial charge is 0.317 e. The van der Waals surface area contributed by atoms with E-state index in [9.17, 15) is 14.9 Å². The van der Waals surface area contributed by atoms with Crippen LogP contribution in [-0.2, 0) is 4.79 Å². The molecule has 1 N–H and O–H groups in total. The van der Waals surface area contributed by atoms with Crippen molar-refractivity contribution in [3.63, 3.8) is 0 Å². The summed E-state index contributed by atoms with van der Waals surface area (Å²) in [5, 5.41) is 13.5. The van der Waals surface area contributed by atoms with Crippen molar-refractivity contribution >= 4 is 23.4 Å². The van der Waals surface area contributed by atoms with E-state index in [0.717, 1.165) is 16.7 Å². The van der Waals surface area contributed by atoms with Gasteiger partial charge in [-0.2, -0.15) is 0 Å². The lowest BCUT2D eigenvalue weighted by Crippen LogP contribution is -2.09. The van der Waals surface area contributed by atoms with Gasteiger partial charge in [0.05, 0.1) is 4.92 Å². The van der Waals surface area contributed by atoms with Crippen LogP contribution in [0.4, 0.5) is 11.4 Å². The first-order chi connectivity index (χ1) is 10.5. The highest BCUT2D eigenvalue weighted by atomic mass is 16.6. The molecule has 0 aliphatic carbocycles. The molecule has 0 aliphatic heterocycles. The number of anilines is 1. The molecule has 2 aromatic rings. The summed E-state index contributed by atoms with van der Waals surface area (Å²) in [5.41, 5.74) is 2.86. The quantitative estimate of drug-likeness (QED) is 0.529. The third-order valence-electron chi connectivity index (χ3n) is 3.11. The van der Waals surface area contributed by atoms with Crippen molar-refractivity contribution in [1.29, 1.82) is 0 Å². The second kappa shape index (κ2) is 6.67. The Hall–Kier alpha value is -2.95. The Bertz CT molecular complexity index is 734. The maximum absolute atomic E-state index is 11.9. The number of carbonyl (C=O) groups excluding carboxylic acids is 1. The lowest BCUT2D eigenvalue weighted by Gasteiger charge is -2.04. The van der Waals surface area contributed by atoms with Crippen LogP contribution < -0.4 is 5.32 Å². The second-order valence-corrected chi connectivity index (χ2v) is 5.01. The summed E-state index contributed by atoms with van der Waals surface area (Å²) >= 11 is 0. The molecule has 112 valence electrons. The van der Waals surface area contributed by atoms with Crippen LogP contribution in [0.1, 0.15) is 16.7 Å². The molecule has 0 unspecified atom stereocenters. The van der Waals surface area contributed by atoms with Crippen molar-refractivity contribution in [2.75, 3.05) is 5.32 Å². The Kier molecular flexibility index (Phi) is 4.68. The summed E-state index contributed by atoms with van der Waals surface area (Å²) in [7, 11) is 0. The first-order valence-corrected chi connectivity index (χ1v) is 6.76. The lowest BCUT2D eigenvalue weighted by molar-refractivity contribution is -0.384. The summed E-state index contributed by atoms with van der Waals surface area (Å²) in [5.74, 6) is -0.410. The Morgan fingerprint density at radius 1 is 1.09 bits per heavy atom. The van der Waals surface area contributed by atoms with E-state index in [1.54, 1.807) is 19.1 Å². The van der Waals surface area contributed by atoms with Gasteiger partial charge in [-0.15, -0.1) is 0 Å². The summed E-state index contributed by atoms with van der Waals surface area (Å²) < 4.78 is 0. The fraction of sp³-hybridized carbons (Fsp3) is 0.118. The van der Waals surface area contributed by atoms with Crippen LogP contribution in [-0.4, -0.2) is 10.8 Å². The molecule has 2 rings (SSSR count). The van der Waals surface area contributed by atoms with Gasteiger partial charge >= 0.3 is 0 Å². The highest BCUT2D eigenvalue weighted by Crippen LogP contribution is 2.25. The normalized spacial score (nSPS) is 10.6. The second-order valence-electron chi connectivity index (χ2n) is 5.01. The van der Waals surface area contributed by atoms with Crippen molar-refractivity contribution in [1.82, 2.24) is 0 Å². The number of aryl methyl sites for hydroxylation is 2. The molecule has 0 aliphatic rings. The highest BCUT2D eigenvalue weighted by Gasteiger charge is 2.14. The van der Waals surface area contributed by atoms with E-state index >= 15 is 0 Å². The van der Waals surface area contributed by atoms with Gasteiger partial charge in [-0.1, -0.05) is 35.9 Å². The van der Waals surface area contributed by atoms with Crippen molar-refractivity contribution in [3.8, 4) is 0 Å². The molecule has 5 nitrogen and oxygen atoms in total. The smallest absolute Gasteiger partial charge is 0.293 e. The molecule has 0 radical (unpaired) electrons. The van der Waals surface area contributed by atoms with Gasteiger partial charge in [0.25, 0.3) is 5.69 Å². The third-order valence-corrected chi connectivity index (χ3v) is 3.11. The van der Waals surface area contributed by atoms with Crippen LogP contribution in [0.5, 0.6) is 0 Å². The van der Waals surface area contributed by atoms with E-state index in [0.29, 0.717) is 0 Å². The van der Waals surface area contributed by atoms with Gasteiger partial charge < -0.3 is 5.32 Å². The predicted molar refractivity (Wildman–Crippen MR) is 86.7 cm³/mol. The Morgan fingerprint density at radius 3 is 2.36 bits per heavy atom. The number of benzene rings is 2. The fourth-order valence-corrected chi connectivity index (χ4v) is 1.92. The monoisotopic (exact) mass is 296 g/mol. The van der Waals surface area contributed by atoms with Crippen LogP contribution in [0.3, 0.4) is 0 Å². The van der Waals surface area contributed by atoms with Crippen LogP contribution >= 0.6 is 0 Å². The fourth-order valence-electron chi connectivity index (χ4n) is 1.92. The van der Waals surface area contributed by atoms with Crippen LogP contribution in [0.25, 0.3) is 6.08 Å². The lowest BCUT2D eigenvalue weighted by atomic mass is 10.1. The molecule has 2 aromatic carbocycles. The Morgan fingerprint density at radius 2 is 1.73 bits per heavy atom. The number of hydrogen-bond acceptors (Lipinski definition) is 3. The van der Waals surface area contributed by atoms with Gasteiger partial charge in [0.1, 0.15) is 5.69 Å². The third kappa shape index (κ3) is 4.02. The van der Waals surface area contributed by atoms with Crippen LogP contribution in [0.2, 0.25) is 0 Å². The maximum atomic E-state index is 11.9. The molecule has 0 atom stereocenters. The number of hydrogen-bond donors (Lipinski definition) is 1. The molecule has 0 fully saturated rings. The first kappa shape index (κ1) is 15.4. The first-order valence-electron chi connectivity index (χ1n) is 6.76. The standard InChI is InChI=1S/C17H16N2O3/c1-12-3-6-14(7-4-12)8-10-17(20)18-15-9-5-13(2)11-16(15)19(21)22/h3-11H,1-2H3,(H,18,20)/b10-8+. The molecule has 0 bridgehead atoms. The summed E-state index contributed by atoms with van der Waals surface area (Å²) in [6, 6.07) is 12.4. The molecule has 0 aromatic heterocycles.